The molecule has 0 spiro atoms. The molecule has 41 heavy (non-hydrogen) atoms. The lowest BCUT2D eigenvalue weighted by molar-refractivity contribution is -0.117. The van der Waals surface area contributed by atoms with Crippen LogP contribution in [-0.2, 0) is 4.79 Å². The van der Waals surface area contributed by atoms with Crippen LogP contribution in [0.2, 0.25) is 15.1 Å². The number of halogens is 5. The summed E-state index contributed by atoms with van der Waals surface area (Å²) < 4.78 is -1.35. The van der Waals surface area contributed by atoms with Gasteiger partial charge >= 0.3 is 0 Å². The molecular formula is C30H20Cl5N3O3. The number of hydrogen-bond acceptors (Lipinski definition) is 3. The van der Waals surface area contributed by atoms with Gasteiger partial charge in [0.1, 0.15) is 4.33 Å². The van der Waals surface area contributed by atoms with Gasteiger partial charge in [-0.3, -0.25) is 14.4 Å². The Morgan fingerprint density at radius 1 is 0.634 bits per heavy atom. The monoisotopic (exact) mass is 645 g/mol. The van der Waals surface area contributed by atoms with Crippen molar-refractivity contribution in [3.63, 3.8) is 0 Å². The van der Waals surface area contributed by atoms with Gasteiger partial charge in [-0.05, 0) is 78.4 Å². The molecule has 1 aliphatic rings. The average Bonchev–Trinajstić information content (AvgIpc) is 3.52. The van der Waals surface area contributed by atoms with Crippen LogP contribution in [0.15, 0.2) is 91.0 Å². The Bertz CT molecular complexity index is 1630. The van der Waals surface area contributed by atoms with Crippen LogP contribution in [0, 0.1) is 5.92 Å². The zero-order valence-electron chi connectivity index (χ0n) is 20.9. The summed E-state index contributed by atoms with van der Waals surface area (Å²) in [6.45, 7) is 0. The van der Waals surface area contributed by atoms with Crippen molar-refractivity contribution in [1.82, 2.24) is 0 Å². The van der Waals surface area contributed by atoms with Crippen molar-refractivity contribution < 1.29 is 14.4 Å². The summed E-state index contributed by atoms with van der Waals surface area (Å²) >= 11 is 31.4. The van der Waals surface area contributed by atoms with Gasteiger partial charge in [0.2, 0.25) is 5.91 Å². The molecule has 0 aromatic heterocycles. The number of amides is 3. The highest BCUT2D eigenvalue weighted by molar-refractivity contribution is 6.53. The second-order valence-corrected chi connectivity index (χ2v) is 12.1. The van der Waals surface area contributed by atoms with Crippen molar-refractivity contribution in [2.24, 2.45) is 5.92 Å². The maximum Gasteiger partial charge on any atom is 0.257 e. The van der Waals surface area contributed by atoms with Gasteiger partial charge in [0.05, 0.1) is 16.5 Å². The lowest BCUT2D eigenvalue weighted by atomic mass is 10.1. The molecule has 4 aromatic rings. The molecule has 208 valence electrons. The normalized spacial score (nSPS) is 16.9. The first kappa shape index (κ1) is 29.2. The fourth-order valence-corrected chi connectivity index (χ4v) is 6.02. The number of alkyl halides is 2. The molecule has 1 aliphatic carbocycles. The lowest BCUT2D eigenvalue weighted by Crippen LogP contribution is -2.18. The number of carbonyl (C=O) groups is 3. The van der Waals surface area contributed by atoms with Crippen LogP contribution in [0.5, 0.6) is 0 Å². The number of carbonyl (C=O) groups excluding carboxylic acids is 3. The van der Waals surface area contributed by atoms with Crippen molar-refractivity contribution in [1.29, 1.82) is 0 Å². The van der Waals surface area contributed by atoms with E-state index in [4.69, 9.17) is 58.0 Å². The molecule has 0 saturated heterocycles. The minimum absolute atomic E-state index is 0.142. The van der Waals surface area contributed by atoms with Crippen LogP contribution in [0.3, 0.4) is 0 Å². The van der Waals surface area contributed by atoms with E-state index in [0.29, 0.717) is 38.2 Å². The molecule has 11 heteroatoms. The average molecular weight is 648 g/mol. The van der Waals surface area contributed by atoms with E-state index < -0.39 is 28.0 Å². The summed E-state index contributed by atoms with van der Waals surface area (Å²) in [5.74, 6) is -2.46. The Hall–Kier alpha value is -3.26. The van der Waals surface area contributed by atoms with Crippen LogP contribution in [0.4, 0.5) is 17.1 Å². The summed E-state index contributed by atoms with van der Waals surface area (Å²) in [5, 5.41) is 9.32. The summed E-state index contributed by atoms with van der Waals surface area (Å²) in [5.41, 5.74) is 2.70. The van der Waals surface area contributed by atoms with Crippen molar-refractivity contribution in [3.05, 3.63) is 123 Å². The van der Waals surface area contributed by atoms with Crippen LogP contribution in [0.1, 0.15) is 32.2 Å². The Balaban J connectivity index is 1.24. The minimum Gasteiger partial charge on any atom is -0.326 e. The van der Waals surface area contributed by atoms with Crippen LogP contribution < -0.4 is 16.0 Å². The van der Waals surface area contributed by atoms with Gasteiger partial charge in [-0.2, -0.15) is 0 Å². The molecule has 3 amide bonds. The van der Waals surface area contributed by atoms with Crippen molar-refractivity contribution in [2.75, 3.05) is 16.0 Å². The molecule has 1 fully saturated rings. The van der Waals surface area contributed by atoms with Gasteiger partial charge in [0.15, 0.2) is 0 Å². The Morgan fingerprint density at radius 3 is 1.80 bits per heavy atom. The standard InChI is InChI=1S/C30H20Cl5N3O3/c31-18-12-17(13-19(32)14-18)25-26(30(25,34)35)29(41)38-22-10-11-24(33)23(15-22)28(40)37-21-8-6-20(7-9-21)36-27(39)16-4-2-1-3-5-16/h1-15,25-26H,(H,36,39)(H,37,40)(H,38,41). The van der Waals surface area contributed by atoms with Gasteiger partial charge in [-0.25, -0.2) is 0 Å². The molecule has 6 nitrogen and oxygen atoms in total. The third kappa shape index (κ3) is 6.64. The highest BCUT2D eigenvalue weighted by Crippen LogP contribution is 2.65. The molecular weight excluding hydrogens is 628 g/mol. The lowest BCUT2D eigenvalue weighted by Gasteiger charge is -2.11. The van der Waals surface area contributed by atoms with Crippen molar-refractivity contribution >= 4 is 92.8 Å². The number of hydrogen-bond donors (Lipinski definition) is 3. The van der Waals surface area contributed by atoms with E-state index in [1.807, 2.05) is 6.07 Å². The van der Waals surface area contributed by atoms with Crippen molar-refractivity contribution in [3.8, 4) is 0 Å². The number of nitrogens with one attached hydrogen (secondary N) is 3. The van der Waals surface area contributed by atoms with E-state index in [0.717, 1.165) is 0 Å². The minimum atomic E-state index is -1.35. The molecule has 0 bridgehead atoms. The molecule has 1 saturated carbocycles. The molecule has 2 unspecified atom stereocenters. The quantitative estimate of drug-likeness (QED) is 0.176. The van der Waals surface area contributed by atoms with Gasteiger partial charge in [0, 0.05) is 38.6 Å². The van der Waals surface area contributed by atoms with Gasteiger partial charge in [-0.15, -0.1) is 23.2 Å². The molecule has 5 rings (SSSR count). The summed E-state index contributed by atoms with van der Waals surface area (Å²) in [6.07, 6.45) is 0. The third-order valence-corrected chi connectivity index (χ3v) is 8.20. The van der Waals surface area contributed by atoms with E-state index in [-0.39, 0.29) is 16.5 Å². The molecule has 0 aliphatic heterocycles. The van der Waals surface area contributed by atoms with Crippen LogP contribution >= 0.6 is 58.0 Å². The van der Waals surface area contributed by atoms with E-state index in [1.165, 1.54) is 12.1 Å². The van der Waals surface area contributed by atoms with Gasteiger partial charge in [-0.1, -0.05) is 53.0 Å². The summed E-state index contributed by atoms with van der Waals surface area (Å²) in [6, 6.07) is 24.9. The topological polar surface area (TPSA) is 87.3 Å². The SMILES string of the molecule is O=C(Nc1ccc(NC(=O)c2cc(NC(=O)C3C(c4cc(Cl)cc(Cl)c4)C3(Cl)Cl)ccc2Cl)cc1)c1ccccc1. The largest absolute Gasteiger partial charge is 0.326 e. The highest BCUT2D eigenvalue weighted by Gasteiger charge is 2.67. The Kier molecular flexibility index (Phi) is 8.50. The van der Waals surface area contributed by atoms with E-state index >= 15 is 0 Å². The fraction of sp³-hybridized carbons (Fsp3) is 0.100. The first-order valence-corrected chi connectivity index (χ1v) is 14.1. The Labute approximate surface area is 260 Å². The van der Waals surface area contributed by atoms with E-state index in [2.05, 4.69) is 16.0 Å². The molecule has 2 atom stereocenters. The highest BCUT2D eigenvalue weighted by atomic mass is 35.5. The zero-order valence-corrected chi connectivity index (χ0v) is 24.7. The second kappa shape index (κ2) is 11.9. The Morgan fingerprint density at radius 2 is 1.20 bits per heavy atom. The predicted molar refractivity (Wildman–Crippen MR) is 166 cm³/mol. The maximum absolute atomic E-state index is 13.1. The number of benzene rings is 4. The predicted octanol–water partition coefficient (Wildman–Crippen LogP) is 8.68. The maximum atomic E-state index is 13.1. The molecule has 0 heterocycles. The van der Waals surface area contributed by atoms with Gasteiger partial charge < -0.3 is 16.0 Å². The molecule has 3 N–H and O–H groups in total. The van der Waals surface area contributed by atoms with Crippen molar-refractivity contribution in [2.45, 2.75) is 10.3 Å². The molecule has 4 aromatic carbocycles. The fourth-order valence-electron chi connectivity index (χ4n) is 4.45. The number of rotatable bonds is 7. The van der Waals surface area contributed by atoms with E-state index in [1.54, 1.807) is 72.8 Å². The summed E-state index contributed by atoms with van der Waals surface area (Å²) in [7, 11) is 0. The van der Waals surface area contributed by atoms with Gasteiger partial charge in [0.25, 0.3) is 11.8 Å². The smallest absolute Gasteiger partial charge is 0.257 e. The first-order chi connectivity index (χ1) is 19.5. The second-order valence-electron chi connectivity index (χ2n) is 9.37. The number of anilines is 3. The summed E-state index contributed by atoms with van der Waals surface area (Å²) in [4.78, 5) is 38.5. The molecule has 0 radical (unpaired) electrons. The third-order valence-electron chi connectivity index (χ3n) is 6.50. The van der Waals surface area contributed by atoms with E-state index in [9.17, 15) is 14.4 Å². The van der Waals surface area contributed by atoms with Crippen LogP contribution in [0.25, 0.3) is 0 Å². The van der Waals surface area contributed by atoms with Crippen LogP contribution in [-0.4, -0.2) is 22.1 Å². The zero-order chi connectivity index (χ0) is 29.3. The first-order valence-electron chi connectivity index (χ1n) is 12.2.